The maximum Gasteiger partial charge on any atom is 0.0951 e. The van der Waals surface area contributed by atoms with Crippen LogP contribution in [0.2, 0.25) is 0 Å². The van der Waals surface area contributed by atoms with Crippen molar-refractivity contribution < 1.29 is 0 Å². The van der Waals surface area contributed by atoms with Gasteiger partial charge in [0.15, 0.2) is 0 Å². The zero-order valence-electron chi connectivity index (χ0n) is 12.0. The molecule has 3 nitrogen and oxygen atoms in total. The molecule has 3 heteroatoms. The monoisotopic (exact) mass is 249 g/mol. The Hall–Kier alpha value is -0.830. The minimum absolute atomic E-state index is 0.495. The summed E-state index contributed by atoms with van der Waals surface area (Å²) in [5.74, 6) is 0.870. The van der Waals surface area contributed by atoms with Gasteiger partial charge in [-0.3, -0.25) is 0 Å². The Morgan fingerprint density at radius 1 is 1.28 bits per heavy atom. The van der Waals surface area contributed by atoms with Gasteiger partial charge in [0.2, 0.25) is 0 Å². The zero-order valence-corrected chi connectivity index (χ0v) is 12.0. The quantitative estimate of drug-likeness (QED) is 0.865. The molecule has 0 bridgehead atoms. The van der Waals surface area contributed by atoms with Crippen molar-refractivity contribution in [2.45, 2.75) is 71.5 Å². The average Bonchev–Trinajstić information content (AvgIpc) is 2.85. The van der Waals surface area contributed by atoms with Crippen LogP contribution in [0.15, 0.2) is 12.5 Å². The molecule has 2 rings (SSSR count). The summed E-state index contributed by atoms with van der Waals surface area (Å²) >= 11 is 0. The van der Waals surface area contributed by atoms with E-state index >= 15 is 0 Å². The fourth-order valence-electron chi connectivity index (χ4n) is 3.00. The molecule has 0 aliphatic heterocycles. The van der Waals surface area contributed by atoms with E-state index in [4.69, 9.17) is 0 Å². The van der Waals surface area contributed by atoms with E-state index in [2.05, 4.69) is 35.6 Å². The van der Waals surface area contributed by atoms with E-state index in [9.17, 15) is 0 Å². The first kappa shape index (κ1) is 13.6. The Morgan fingerprint density at radius 3 is 2.67 bits per heavy atom. The van der Waals surface area contributed by atoms with Crippen molar-refractivity contribution in [3.8, 4) is 0 Å². The third kappa shape index (κ3) is 3.35. The molecule has 0 spiro atoms. The van der Waals surface area contributed by atoms with E-state index in [1.807, 2.05) is 12.5 Å². The van der Waals surface area contributed by atoms with Gasteiger partial charge >= 0.3 is 0 Å². The van der Waals surface area contributed by atoms with E-state index in [0.29, 0.717) is 12.1 Å². The molecule has 0 aromatic carbocycles. The predicted molar refractivity (Wildman–Crippen MR) is 75.5 cm³/mol. The molecule has 0 amide bonds. The van der Waals surface area contributed by atoms with Crippen molar-refractivity contribution in [2.24, 2.45) is 5.92 Å². The molecule has 1 fully saturated rings. The van der Waals surface area contributed by atoms with Gasteiger partial charge in [-0.2, -0.15) is 0 Å². The lowest BCUT2D eigenvalue weighted by molar-refractivity contribution is 0.279. The van der Waals surface area contributed by atoms with E-state index in [1.165, 1.54) is 37.8 Å². The van der Waals surface area contributed by atoms with Crippen molar-refractivity contribution in [3.63, 3.8) is 0 Å². The van der Waals surface area contributed by atoms with Gasteiger partial charge in [-0.15, -0.1) is 0 Å². The lowest BCUT2D eigenvalue weighted by Crippen LogP contribution is -2.34. The molecule has 18 heavy (non-hydrogen) atoms. The molecule has 1 heterocycles. The first-order valence-corrected chi connectivity index (χ1v) is 7.42. The highest BCUT2D eigenvalue weighted by Crippen LogP contribution is 2.26. The Bertz CT molecular complexity index is 350. The third-order valence-electron chi connectivity index (χ3n) is 4.26. The number of hydrogen-bond acceptors (Lipinski definition) is 2. The zero-order chi connectivity index (χ0) is 13.0. The van der Waals surface area contributed by atoms with Crippen LogP contribution >= 0.6 is 0 Å². The molecular formula is C15H27N3. The molecule has 1 aromatic rings. The fourth-order valence-corrected chi connectivity index (χ4v) is 3.00. The second kappa shape index (κ2) is 6.37. The largest absolute Gasteiger partial charge is 0.331 e. The average molecular weight is 249 g/mol. The Kier molecular flexibility index (Phi) is 4.81. The molecule has 1 atom stereocenters. The highest BCUT2D eigenvalue weighted by atomic mass is 15.1. The highest BCUT2D eigenvalue weighted by molar-refractivity contribution is 4.99. The van der Waals surface area contributed by atoms with Gasteiger partial charge in [0.1, 0.15) is 0 Å². The van der Waals surface area contributed by atoms with Crippen LogP contribution < -0.4 is 5.32 Å². The summed E-state index contributed by atoms with van der Waals surface area (Å²) in [6, 6.07) is 1.12. The van der Waals surface area contributed by atoms with Crippen molar-refractivity contribution >= 4 is 0 Å². The maximum absolute atomic E-state index is 4.26. The molecule has 1 N–H and O–H groups in total. The van der Waals surface area contributed by atoms with Crippen LogP contribution in [0.5, 0.6) is 0 Å². The lowest BCUT2D eigenvalue weighted by atomic mass is 9.84. The summed E-state index contributed by atoms with van der Waals surface area (Å²) < 4.78 is 2.25. The van der Waals surface area contributed by atoms with E-state index in [-0.39, 0.29) is 0 Å². The van der Waals surface area contributed by atoms with E-state index in [1.54, 1.807) is 0 Å². The third-order valence-corrected chi connectivity index (χ3v) is 4.26. The van der Waals surface area contributed by atoms with Crippen LogP contribution in [0.3, 0.4) is 0 Å². The fraction of sp³-hybridized carbons (Fsp3) is 0.800. The molecule has 0 saturated heterocycles. The van der Waals surface area contributed by atoms with Crippen molar-refractivity contribution in [3.05, 3.63) is 18.2 Å². The minimum Gasteiger partial charge on any atom is -0.331 e. The Balaban J connectivity index is 1.84. The van der Waals surface area contributed by atoms with Crippen LogP contribution in [-0.4, -0.2) is 15.6 Å². The predicted octanol–water partition coefficient (Wildman–Crippen LogP) is 3.52. The summed E-state index contributed by atoms with van der Waals surface area (Å²) in [6.45, 7) is 7.69. The van der Waals surface area contributed by atoms with Crippen LogP contribution in [-0.2, 0) is 6.54 Å². The maximum atomic E-state index is 4.26. The molecule has 0 unspecified atom stereocenters. The summed E-state index contributed by atoms with van der Waals surface area (Å²) in [4.78, 5) is 4.26. The van der Waals surface area contributed by atoms with Crippen LogP contribution in [0.1, 0.15) is 64.6 Å². The van der Waals surface area contributed by atoms with Gasteiger partial charge in [0.25, 0.3) is 0 Å². The SMILES string of the molecule is CC(C)n1cncc1CN[C@H](C)C1CCCCC1. The summed E-state index contributed by atoms with van der Waals surface area (Å²) in [7, 11) is 0. The standard InChI is InChI=1S/C15H27N3/c1-12(2)18-11-16-9-15(18)10-17-13(3)14-7-5-4-6-8-14/h9,11-14,17H,4-8,10H2,1-3H3/t13-/m1/s1. The number of rotatable bonds is 5. The van der Waals surface area contributed by atoms with Gasteiger partial charge in [0, 0.05) is 24.8 Å². The normalized spacial score (nSPS) is 19.3. The number of nitrogens with zero attached hydrogens (tertiary/aromatic N) is 2. The van der Waals surface area contributed by atoms with Crippen LogP contribution in [0, 0.1) is 5.92 Å². The minimum atomic E-state index is 0.495. The van der Waals surface area contributed by atoms with Gasteiger partial charge < -0.3 is 9.88 Å². The van der Waals surface area contributed by atoms with Gasteiger partial charge in [-0.25, -0.2) is 4.98 Å². The molecule has 1 saturated carbocycles. The van der Waals surface area contributed by atoms with Crippen LogP contribution in [0.25, 0.3) is 0 Å². The van der Waals surface area contributed by atoms with Crippen molar-refractivity contribution in [1.29, 1.82) is 0 Å². The van der Waals surface area contributed by atoms with E-state index in [0.717, 1.165) is 12.5 Å². The summed E-state index contributed by atoms with van der Waals surface area (Å²) in [5, 5.41) is 3.69. The second-order valence-electron chi connectivity index (χ2n) is 5.95. The first-order chi connectivity index (χ1) is 8.68. The van der Waals surface area contributed by atoms with Crippen molar-refractivity contribution in [1.82, 2.24) is 14.9 Å². The topological polar surface area (TPSA) is 29.9 Å². The molecule has 102 valence electrons. The second-order valence-corrected chi connectivity index (χ2v) is 5.95. The van der Waals surface area contributed by atoms with Gasteiger partial charge in [-0.1, -0.05) is 19.3 Å². The Labute approximate surface area is 111 Å². The summed E-state index contributed by atoms with van der Waals surface area (Å²) in [6.07, 6.45) is 11.0. The molecule has 0 radical (unpaired) electrons. The summed E-state index contributed by atoms with van der Waals surface area (Å²) in [5.41, 5.74) is 1.30. The van der Waals surface area contributed by atoms with E-state index < -0.39 is 0 Å². The number of hydrogen-bond donors (Lipinski definition) is 1. The number of aromatic nitrogens is 2. The van der Waals surface area contributed by atoms with Crippen molar-refractivity contribution in [2.75, 3.05) is 0 Å². The van der Waals surface area contributed by atoms with Gasteiger partial charge in [-0.05, 0) is 39.5 Å². The Morgan fingerprint density at radius 2 is 2.00 bits per heavy atom. The molecule has 1 aliphatic rings. The molecule has 1 aliphatic carbocycles. The van der Waals surface area contributed by atoms with Crippen LogP contribution in [0.4, 0.5) is 0 Å². The first-order valence-electron chi connectivity index (χ1n) is 7.42. The molecule has 1 aromatic heterocycles. The highest BCUT2D eigenvalue weighted by Gasteiger charge is 2.19. The van der Waals surface area contributed by atoms with Gasteiger partial charge in [0.05, 0.1) is 12.0 Å². The molecular weight excluding hydrogens is 222 g/mol. The number of imidazole rings is 1. The number of nitrogens with one attached hydrogen (secondary N) is 1. The smallest absolute Gasteiger partial charge is 0.0951 e. The lowest BCUT2D eigenvalue weighted by Gasteiger charge is -2.28.